The fourth-order valence-corrected chi connectivity index (χ4v) is 2.17. The standard InChI is InChI=1S/C18H16N2O4/c1-12-3-5-13(6-4-12)17-16(20-11-24-17)18(21)23-10-14-9-15(22-2)7-8-19-14/h3-9,11H,10H2,1-2H3. The van der Waals surface area contributed by atoms with Gasteiger partial charge in [-0.1, -0.05) is 29.8 Å². The Morgan fingerprint density at radius 2 is 1.96 bits per heavy atom. The zero-order chi connectivity index (χ0) is 16.9. The fourth-order valence-electron chi connectivity index (χ4n) is 2.17. The van der Waals surface area contributed by atoms with Crippen LogP contribution in [0, 0.1) is 6.92 Å². The van der Waals surface area contributed by atoms with E-state index in [2.05, 4.69) is 9.97 Å². The Labute approximate surface area is 139 Å². The summed E-state index contributed by atoms with van der Waals surface area (Å²) in [5, 5.41) is 0. The molecule has 6 nitrogen and oxygen atoms in total. The summed E-state index contributed by atoms with van der Waals surface area (Å²) in [5.74, 6) is 0.473. The lowest BCUT2D eigenvalue weighted by atomic mass is 10.1. The summed E-state index contributed by atoms with van der Waals surface area (Å²) in [7, 11) is 1.56. The summed E-state index contributed by atoms with van der Waals surface area (Å²) in [6, 6.07) is 11.0. The second-order valence-electron chi connectivity index (χ2n) is 5.16. The first-order valence-electron chi connectivity index (χ1n) is 7.34. The number of hydrogen-bond donors (Lipinski definition) is 0. The van der Waals surface area contributed by atoms with Crippen LogP contribution in [0.5, 0.6) is 5.75 Å². The first-order chi connectivity index (χ1) is 11.7. The molecular formula is C18H16N2O4. The van der Waals surface area contributed by atoms with E-state index in [1.165, 1.54) is 6.39 Å². The number of ether oxygens (including phenoxy) is 2. The van der Waals surface area contributed by atoms with Gasteiger partial charge in [0.15, 0.2) is 17.8 Å². The molecule has 2 heterocycles. The van der Waals surface area contributed by atoms with Crippen molar-refractivity contribution in [1.82, 2.24) is 9.97 Å². The molecule has 0 unspecified atom stereocenters. The largest absolute Gasteiger partial charge is 0.497 e. The van der Waals surface area contributed by atoms with Crippen molar-refractivity contribution >= 4 is 5.97 Å². The normalized spacial score (nSPS) is 10.4. The van der Waals surface area contributed by atoms with Crippen LogP contribution in [-0.2, 0) is 11.3 Å². The number of aryl methyl sites for hydroxylation is 1. The van der Waals surface area contributed by atoms with Crippen molar-refractivity contribution in [3.8, 4) is 17.1 Å². The number of nitrogens with zero attached hydrogens (tertiary/aromatic N) is 2. The van der Waals surface area contributed by atoms with Gasteiger partial charge in [0.05, 0.1) is 12.8 Å². The SMILES string of the molecule is COc1ccnc(COC(=O)c2ncoc2-c2ccc(C)cc2)c1. The molecule has 0 aliphatic heterocycles. The molecule has 0 aliphatic carbocycles. The van der Waals surface area contributed by atoms with Gasteiger partial charge in [-0.15, -0.1) is 0 Å². The van der Waals surface area contributed by atoms with Crippen molar-refractivity contribution in [3.05, 3.63) is 65.9 Å². The fraction of sp³-hybridized carbons (Fsp3) is 0.167. The molecule has 0 fully saturated rings. The van der Waals surface area contributed by atoms with Gasteiger partial charge < -0.3 is 13.9 Å². The van der Waals surface area contributed by atoms with Crippen LogP contribution < -0.4 is 4.74 Å². The molecule has 0 bridgehead atoms. The van der Waals surface area contributed by atoms with Crippen molar-refractivity contribution in [1.29, 1.82) is 0 Å². The van der Waals surface area contributed by atoms with Gasteiger partial charge in [-0.25, -0.2) is 9.78 Å². The molecule has 0 spiro atoms. The van der Waals surface area contributed by atoms with Gasteiger partial charge in [-0.2, -0.15) is 0 Å². The number of carbonyl (C=O) groups excluding carboxylic acids is 1. The van der Waals surface area contributed by atoms with Gasteiger partial charge in [0.2, 0.25) is 0 Å². The molecule has 0 saturated carbocycles. The molecule has 0 amide bonds. The number of rotatable bonds is 5. The summed E-state index contributed by atoms with van der Waals surface area (Å²) in [6.45, 7) is 2.01. The maximum Gasteiger partial charge on any atom is 0.361 e. The Bertz CT molecular complexity index is 840. The minimum Gasteiger partial charge on any atom is -0.497 e. The third-order valence-electron chi connectivity index (χ3n) is 3.45. The molecule has 0 atom stereocenters. The highest BCUT2D eigenvalue weighted by Gasteiger charge is 2.20. The van der Waals surface area contributed by atoms with Gasteiger partial charge in [0, 0.05) is 17.8 Å². The Hall–Kier alpha value is -3.15. The number of pyridine rings is 1. The van der Waals surface area contributed by atoms with E-state index in [-0.39, 0.29) is 12.3 Å². The number of aromatic nitrogens is 2. The van der Waals surface area contributed by atoms with Gasteiger partial charge in [0.1, 0.15) is 12.4 Å². The van der Waals surface area contributed by atoms with E-state index in [0.717, 1.165) is 11.1 Å². The highest BCUT2D eigenvalue weighted by atomic mass is 16.5. The van der Waals surface area contributed by atoms with Crippen LogP contribution >= 0.6 is 0 Å². The van der Waals surface area contributed by atoms with E-state index in [1.807, 2.05) is 31.2 Å². The zero-order valence-corrected chi connectivity index (χ0v) is 13.4. The third-order valence-corrected chi connectivity index (χ3v) is 3.45. The number of methoxy groups -OCH3 is 1. The predicted molar refractivity (Wildman–Crippen MR) is 86.6 cm³/mol. The summed E-state index contributed by atoms with van der Waals surface area (Å²) in [4.78, 5) is 20.4. The Morgan fingerprint density at radius 3 is 2.71 bits per heavy atom. The summed E-state index contributed by atoms with van der Waals surface area (Å²) in [6.07, 6.45) is 2.82. The molecule has 24 heavy (non-hydrogen) atoms. The van der Waals surface area contributed by atoms with Crippen LogP contribution in [0.15, 0.2) is 53.4 Å². The highest BCUT2D eigenvalue weighted by Crippen LogP contribution is 2.24. The zero-order valence-electron chi connectivity index (χ0n) is 13.4. The lowest BCUT2D eigenvalue weighted by molar-refractivity contribution is 0.0461. The number of oxazole rings is 1. The van der Waals surface area contributed by atoms with Crippen molar-refractivity contribution < 1.29 is 18.7 Å². The average molecular weight is 324 g/mol. The van der Waals surface area contributed by atoms with Gasteiger partial charge >= 0.3 is 5.97 Å². The minimum absolute atomic E-state index is 0.0240. The number of benzene rings is 1. The summed E-state index contributed by atoms with van der Waals surface area (Å²) in [5.41, 5.74) is 2.61. The monoisotopic (exact) mass is 324 g/mol. The molecular weight excluding hydrogens is 308 g/mol. The topological polar surface area (TPSA) is 74.5 Å². The van der Waals surface area contributed by atoms with Crippen molar-refractivity contribution in [2.24, 2.45) is 0 Å². The van der Waals surface area contributed by atoms with Crippen molar-refractivity contribution in [3.63, 3.8) is 0 Å². The van der Waals surface area contributed by atoms with Crippen molar-refractivity contribution in [2.75, 3.05) is 7.11 Å². The maximum absolute atomic E-state index is 12.3. The third kappa shape index (κ3) is 3.43. The average Bonchev–Trinajstić information content (AvgIpc) is 3.10. The predicted octanol–water partition coefficient (Wildman–Crippen LogP) is 3.41. The molecule has 3 rings (SSSR count). The van der Waals surface area contributed by atoms with Crippen LogP contribution in [0.3, 0.4) is 0 Å². The Balaban J connectivity index is 1.74. The Morgan fingerprint density at radius 1 is 1.17 bits per heavy atom. The summed E-state index contributed by atoms with van der Waals surface area (Å²) < 4.78 is 15.7. The van der Waals surface area contributed by atoms with Gasteiger partial charge in [-0.05, 0) is 13.0 Å². The van der Waals surface area contributed by atoms with Crippen molar-refractivity contribution in [2.45, 2.75) is 13.5 Å². The van der Waals surface area contributed by atoms with Gasteiger partial charge in [0.25, 0.3) is 0 Å². The number of esters is 1. The lowest BCUT2D eigenvalue weighted by Crippen LogP contribution is -2.08. The maximum atomic E-state index is 12.3. The molecule has 6 heteroatoms. The number of hydrogen-bond acceptors (Lipinski definition) is 6. The van der Waals surface area contributed by atoms with E-state index >= 15 is 0 Å². The van der Waals surface area contributed by atoms with E-state index in [1.54, 1.807) is 25.4 Å². The molecule has 2 aromatic heterocycles. The van der Waals surface area contributed by atoms with Crippen LogP contribution in [0.1, 0.15) is 21.7 Å². The molecule has 0 N–H and O–H groups in total. The molecule has 0 aliphatic rings. The molecule has 0 radical (unpaired) electrons. The van der Waals surface area contributed by atoms with Gasteiger partial charge in [-0.3, -0.25) is 4.98 Å². The molecule has 0 saturated heterocycles. The minimum atomic E-state index is -0.566. The van der Waals surface area contributed by atoms with Crippen LogP contribution in [0.4, 0.5) is 0 Å². The Kier molecular flexibility index (Phi) is 4.56. The van der Waals surface area contributed by atoms with Crippen LogP contribution in [0.2, 0.25) is 0 Å². The summed E-state index contributed by atoms with van der Waals surface area (Å²) >= 11 is 0. The quantitative estimate of drug-likeness (QED) is 0.670. The molecule has 122 valence electrons. The highest BCUT2D eigenvalue weighted by molar-refractivity contribution is 5.93. The molecule has 1 aromatic carbocycles. The van der Waals surface area contributed by atoms with E-state index in [4.69, 9.17) is 13.9 Å². The van der Waals surface area contributed by atoms with E-state index in [0.29, 0.717) is 17.2 Å². The van der Waals surface area contributed by atoms with Crippen LogP contribution in [0.25, 0.3) is 11.3 Å². The van der Waals surface area contributed by atoms with E-state index < -0.39 is 5.97 Å². The smallest absolute Gasteiger partial charge is 0.361 e. The van der Waals surface area contributed by atoms with Crippen LogP contribution in [-0.4, -0.2) is 23.0 Å². The number of carbonyl (C=O) groups is 1. The van der Waals surface area contributed by atoms with E-state index in [9.17, 15) is 4.79 Å². The second-order valence-corrected chi connectivity index (χ2v) is 5.16. The second kappa shape index (κ2) is 6.95. The first kappa shape index (κ1) is 15.7. The lowest BCUT2D eigenvalue weighted by Gasteiger charge is -2.05. The first-order valence-corrected chi connectivity index (χ1v) is 7.34. The molecule has 3 aromatic rings.